The number of aromatic nitrogens is 2. The van der Waals surface area contributed by atoms with Crippen molar-refractivity contribution in [2.75, 3.05) is 20.2 Å². The van der Waals surface area contributed by atoms with Crippen LogP contribution in [0.4, 0.5) is 0 Å². The Bertz CT molecular complexity index is 347. The van der Waals surface area contributed by atoms with Gasteiger partial charge >= 0.3 is 0 Å². The number of ether oxygens (including phenoxy) is 1. The zero-order valence-electron chi connectivity index (χ0n) is 8.99. The third kappa shape index (κ3) is 1.63. The molecule has 0 saturated carbocycles. The molecule has 5 heteroatoms. The summed E-state index contributed by atoms with van der Waals surface area (Å²) in [6.45, 7) is 4.17. The molecule has 0 atom stereocenters. The van der Waals surface area contributed by atoms with E-state index in [4.69, 9.17) is 4.74 Å². The first-order chi connectivity index (χ1) is 7.27. The number of carbonyl (C=O) groups excluding carboxylic acids is 1. The lowest BCUT2D eigenvalue weighted by molar-refractivity contribution is 0.0863. The fourth-order valence-electron chi connectivity index (χ4n) is 1.67. The molecule has 0 unspecified atom stereocenters. The number of nitrogens with one attached hydrogen (secondary N) is 1. The number of hydrogen-bond donors (Lipinski definition) is 1. The van der Waals surface area contributed by atoms with E-state index >= 15 is 0 Å². The molecule has 0 radical (unpaired) electrons. The highest BCUT2D eigenvalue weighted by Gasteiger charge is 2.30. The molecule has 5 nitrogen and oxygen atoms in total. The van der Waals surface area contributed by atoms with Gasteiger partial charge in [0.05, 0.1) is 13.3 Å². The van der Waals surface area contributed by atoms with E-state index in [2.05, 4.69) is 10.4 Å². The van der Waals surface area contributed by atoms with E-state index in [0.717, 1.165) is 13.1 Å². The molecule has 82 valence electrons. The summed E-state index contributed by atoms with van der Waals surface area (Å²) in [5.41, 5.74) is 0.603. The maximum atomic E-state index is 12.1. The molecular formula is C10H15N3O2. The molecule has 0 aromatic carbocycles. The summed E-state index contributed by atoms with van der Waals surface area (Å²) in [5, 5.41) is 7.21. The third-order valence-corrected chi connectivity index (χ3v) is 2.71. The van der Waals surface area contributed by atoms with Gasteiger partial charge in [0.1, 0.15) is 5.69 Å². The smallest absolute Gasteiger partial charge is 0.190 e. The Kier molecular flexibility index (Phi) is 2.73. The monoisotopic (exact) mass is 209 g/mol. The van der Waals surface area contributed by atoms with Gasteiger partial charge in [-0.15, -0.1) is 0 Å². The Morgan fingerprint density at radius 3 is 2.93 bits per heavy atom. The second kappa shape index (κ2) is 4.02. The minimum absolute atomic E-state index is 0.0842. The van der Waals surface area contributed by atoms with Gasteiger partial charge in [-0.25, -0.2) is 0 Å². The number of rotatable bonds is 4. The van der Waals surface area contributed by atoms with Crippen molar-refractivity contribution in [1.82, 2.24) is 15.1 Å². The highest BCUT2D eigenvalue weighted by Crippen LogP contribution is 2.22. The van der Waals surface area contributed by atoms with Gasteiger partial charge in [-0.2, -0.15) is 5.10 Å². The Hall–Kier alpha value is -1.36. The zero-order chi connectivity index (χ0) is 10.8. The van der Waals surface area contributed by atoms with Crippen LogP contribution in [-0.2, 0) is 6.54 Å². The lowest BCUT2D eigenvalue weighted by Gasteiger charge is -2.25. The molecule has 0 aliphatic carbocycles. The van der Waals surface area contributed by atoms with Crippen LogP contribution in [0, 0.1) is 5.92 Å². The van der Waals surface area contributed by atoms with Crippen molar-refractivity contribution in [3.63, 3.8) is 0 Å². The zero-order valence-corrected chi connectivity index (χ0v) is 8.99. The average Bonchev–Trinajstić information content (AvgIpc) is 2.57. The minimum Gasteiger partial charge on any atom is -0.493 e. The van der Waals surface area contributed by atoms with E-state index < -0.39 is 0 Å². The van der Waals surface area contributed by atoms with Crippen LogP contribution >= 0.6 is 0 Å². The first-order valence-corrected chi connectivity index (χ1v) is 5.12. The van der Waals surface area contributed by atoms with Crippen LogP contribution in [0.1, 0.15) is 17.4 Å². The van der Waals surface area contributed by atoms with Crippen molar-refractivity contribution in [1.29, 1.82) is 0 Å². The predicted octanol–water partition coefficient (Wildman–Crippen LogP) is 0.314. The van der Waals surface area contributed by atoms with Gasteiger partial charge in [0.2, 0.25) is 0 Å². The van der Waals surface area contributed by atoms with E-state index in [1.54, 1.807) is 18.0 Å². The molecule has 1 N–H and O–H groups in total. The summed E-state index contributed by atoms with van der Waals surface area (Å²) in [5.74, 6) is 0.791. The molecule has 0 amide bonds. The largest absolute Gasteiger partial charge is 0.493 e. The standard InChI is InChI=1S/C10H15N3O2/c1-3-13-9(8(15-2)6-12-13)10(14)7-4-11-5-7/h6-7,11H,3-5H2,1-2H3. The predicted molar refractivity (Wildman–Crippen MR) is 55.1 cm³/mol. The van der Waals surface area contributed by atoms with Gasteiger partial charge in [0.15, 0.2) is 11.5 Å². The molecule has 1 aliphatic rings. The molecule has 2 rings (SSSR count). The first kappa shape index (κ1) is 10.2. The molecule has 1 aliphatic heterocycles. The number of carbonyl (C=O) groups is 1. The van der Waals surface area contributed by atoms with Gasteiger partial charge in [0, 0.05) is 25.6 Å². The van der Waals surface area contributed by atoms with Gasteiger partial charge in [-0.3, -0.25) is 9.48 Å². The van der Waals surface area contributed by atoms with Gasteiger partial charge in [0.25, 0.3) is 0 Å². The second-order valence-electron chi connectivity index (χ2n) is 3.60. The van der Waals surface area contributed by atoms with Crippen LogP contribution in [0.25, 0.3) is 0 Å². The van der Waals surface area contributed by atoms with Crippen LogP contribution in [-0.4, -0.2) is 35.8 Å². The first-order valence-electron chi connectivity index (χ1n) is 5.12. The lowest BCUT2D eigenvalue weighted by Crippen LogP contribution is -2.47. The highest BCUT2D eigenvalue weighted by molar-refractivity contribution is 5.99. The topological polar surface area (TPSA) is 56.2 Å². The molecule has 0 bridgehead atoms. The quantitative estimate of drug-likeness (QED) is 0.725. The average molecular weight is 209 g/mol. The molecule has 1 fully saturated rings. The Labute approximate surface area is 88.4 Å². The lowest BCUT2D eigenvalue weighted by atomic mass is 9.95. The summed E-state index contributed by atoms with van der Waals surface area (Å²) >= 11 is 0. The SMILES string of the molecule is CCn1ncc(OC)c1C(=O)C1CNC1. The maximum Gasteiger partial charge on any atom is 0.190 e. The molecule has 1 saturated heterocycles. The summed E-state index contributed by atoms with van der Waals surface area (Å²) in [4.78, 5) is 12.1. The van der Waals surface area contributed by atoms with Crippen molar-refractivity contribution in [3.05, 3.63) is 11.9 Å². The Morgan fingerprint density at radius 2 is 2.47 bits per heavy atom. The van der Waals surface area contributed by atoms with E-state index in [0.29, 0.717) is 18.0 Å². The van der Waals surface area contributed by atoms with Gasteiger partial charge < -0.3 is 10.1 Å². The van der Waals surface area contributed by atoms with Crippen LogP contribution in [0.15, 0.2) is 6.20 Å². The van der Waals surface area contributed by atoms with Crippen LogP contribution in [0.5, 0.6) is 5.75 Å². The second-order valence-corrected chi connectivity index (χ2v) is 3.60. The minimum atomic E-state index is 0.0842. The number of hydrogen-bond acceptors (Lipinski definition) is 4. The molecule has 15 heavy (non-hydrogen) atoms. The molecule has 2 heterocycles. The summed E-state index contributed by atoms with van der Waals surface area (Å²) in [7, 11) is 1.56. The molecular weight excluding hydrogens is 194 g/mol. The summed E-state index contributed by atoms with van der Waals surface area (Å²) < 4.78 is 6.84. The normalized spacial score (nSPS) is 16.1. The van der Waals surface area contributed by atoms with Gasteiger partial charge in [-0.05, 0) is 6.92 Å². The van der Waals surface area contributed by atoms with Crippen molar-refractivity contribution in [3.8, 4) is 5.75 Å². The molecule has 1 aromatic heterocycles. The molecule has 1 aromatic rings. The van der Waals surface area contributed by atoms with Crippen LogP contribution < -0.4 is 10.1 Å². The van der Waals surface area contributed by atoms with Crippen LogP contribution in [0.2, 0.25) is 0 Å². The maximum absolute atomic E-state index is 12.1. The van der Waals surface area contributed by atoms with Crippen molar-refractivity contribution in [2.45, 2.75) is 13.5 Å². The van der Waals surface area contributed by atoms with E-state index in [9.17, 15) is 4.79 Å². The van der Waals surface area contributed by atoms with E-state index in [1.807, 2.05) is 6.92 Å². The third-order valence-electron chi connectivity index (χ3n) is 2.71. The van der Waals surface area contributed by atoms with Crippen molar-refractivity contribution < 1.29 is 9.53 Å². The number of ketones is 1. The highest BCUT2D eigenvalue weighted by atomic mass is 16.5. The van der Waals surface area contributed by atoms with Crippen molar-refractivity contribution >= 4 is 5.78 Å². The molecule has 0 spiro atoms. The van der Waals surface area contributed by atoms with Crippen LogP contribution in [0.3, 0.4) is 0 Å². The number of methoxy groups -OCH3 is 1. The Balaban J connectivity index is 2.30. The van der Waals surface area contributed by atoms with E-state index in [-0.39, 0.29) is 11.7 Å². The summed E-state index contributed by atoms with van der Waals surface area (Å²) in [6.07, 6.45) is 1.60. The van der Waals surface area contributed by atoms with Crippen molar-refractivity contribution in [2.24, 2.45) is 5.92 Å². The Morgan fingerprint density at radius 1 is 1.73 bits per heavy atom. The fourth-order valence-corrected chi connectivity index (χ4v) is 1.67. The van der Waals surface area contributed by atoms with Gasteiger partial charge in [-0.1, -0.05) is 0 Å². The summed E-state index contributed by atoms with van der Waals surface area (Å²) in [6, 6.07) is 0. The fraction of sp³-hybridized carbons (Fsp3) is 0.600. The number of Topliss-reactive ketones (excluding diaryl/α,β-unsaturated/α-hetero) is 1. The number of nitrogens with zero attached hydrogens (tertiary/aromatic N) is 2. The van der Waals surface area contributed by atoms with E-state index in [1.165, 1.54) is 0 Å². The number of aryl methyl sites for hydroxylation is 1.